The number of aliphatic hydroxyl groups is 1. The number of ketones is 1. The quantitative estimate of drug-likeness (QED) is 0.643. The van der Waals surface area contributed by atoms with E-state index < -0.39 is 23.5 Å². The zero-order valence-corrected chi connectivity index (χ0v) is 15.7. The molecule has 3 aromatic rings. The minimum absolute atomic E-state index is 0.0449. The minimum Gasteiger partial charge on any atom is -0.503 e. The summed E-state index contributed by atoms with van der Waals surface area (Å²) in [5, 5.41) is 11.5. The molecule has 1 aliphatic heterocycles. The number of furan rings is 1. The van der Waals surface area contributed by atoms with Gasteiger partial charge in [0.15, 0.2) is 11.5 Å². The molecule has 2 N–H and O–H groups in total. The second kappa shape index (κ2) is 7.01. The van der Waals surface area contributed by atoms with E-state index in [1.54, 1.807) is 17.2 Å². The number of hydrogen-bond acceptors (Lipinski definition) is 5. The van der Waals surface area contributed by atoms with Gasteiger partial charge in [-0.3, -0.25) is 9.59 Å². The van der Waals surface area contributed by atoms with Crippen LogP contribution in [0.4, 0.5) is 0 Å². The molecule has 1 amide bonds. The second-order valence-electron chi connectivity index (χ2n) is 7.06. The summed E-state index contributed by atoms with van der Waals surface area (Å²) in [6.07, 6.45) is 3.19. The Labute approximate surface area is 161 Å². The van der Waals surface area contributed by atoms with Gasteiger partial charge in [0.2, 0.25) is 5.78 Å². The maximum absolute atomic E-state index is 13.1. The summed E-state index contributed by atoms with van der Waals surface area (Å²) < 4.78 is 5.24. The number of aliphatic hydroxyl groups excluding tert-OH is 1. The molecular formula is C21H21N3O4. The Balaban J connectivity index is 1.84. The van der Waals surface area contributed by atoms with Crippen molar-refractivity contribution in [1.82, 2.24) is 14.8 Å². The van der Waals surface area contributed by atoms with Crippen LogP contribution in [0.25, 0.3) is 10.9 Å². The van der Waals surface area contributed by atoms with Gasteiger partial charge in [0.05, 0.1) is 17.9 Å². The fourth-order valence-electron chi connectivity index (χ4n) is 3.61. The Morgan fingerprint density at radius 1 is 1.25 bits per heavy atom. The van der Waals surface area contributed by atoms with E-state index in [1.807, 2.05) is 43.3 Å². The summed E-state index contributed by atoms with van der Waals surface area (Å²) in [6.45, 7) is 0.967. The van der Waals surface area contributed by atoms with Crippen molar-refractivity contribution >= 4 is 22.6 Å². The van der Waals surface area contributed by atoms with Crippen LogP contribution in [-0.2, 0) is 4.79 Å². The highest BCUT2D eigenvalue weighted by molar-refractivity contribution is 6.15. The molecule has 2 aromatic heterocycles. The zero-order valence-electron chi connectivity index (χ0n) is 15.7. The van der Waals surface area contributed by atoms with E-state index in [9.17, 15) is 14.7 Å². The number of para-hydroxylation sites is 1. The van der Waals surface area contributed by atoms with Gasteiger partial charge in [0.25, 0.3) is 5.91 Å². The minimum atomic E-state index is -0.693. The number of nitrogens with zero attached hydrogens (tertiary/aromatic N) is 2. The van der Waals surface area contributed by atoms with Gasteiger partial charge in [0, 0.05) is 35.8 Å². The third-order valence-corrected chi connectivity index (χ3v) is 5.00. The number of hydrogen-bond donors (Lipinski definition) is 2. The Bertz CT molecular complexity index is 1060. The van der Waals surface area contributed by atoms with Crippen molar-refractivity contribution in [2.75, 3.05) is 27.2 Å². The third kappa shape index (κ3) is 2.90. The molecule has 7 heteroatoms. The lowest BCUT2D eigenvalue weighted by Crippen LogP contribution is -2.36. The molecule has 28 heavy (non-hydrogen) atoms. The summed E-state index contributed by atoms with van der Waals surface area (Å²) in [7, 11) is 3.81. The van der Waals surface area contributed by atoms with Gasteiger partial charge in [-0.1, -0.05) is 18.2 Å². The van der Waals surface area contributed by atoms with Crippen molar-refractivity contribution in [3.63, 3.8) is 0 Å². The molecule has 1 aromatic carbocycles. The Kier molecular flexibility index (Phi) is 4.52. The molecule has 0 radical (unpaired) electrons. The molecule has 0 fully saturated rings. The lowest BCUT2D eigenvalue weighted by molar-refractivity contribution is -0.129. The lowest BCUT2D eigenvalue weighted by Gasteiger charge is -2.27. The number of H-pyrrole nitrogens is 1. The van der Waals surface area contributed by atoms with Gasteiger partial charge in [-0.05, 0) is 32.3 Å². The average Bonchev–Trinajstić information content (AvgIpc) is 3.40. The normalized spacial score (nSPS) is 17.3. The van der Waals surface area contributed by atoms with E-state index in [4.69, 9.17) is 4.42 Å². The number of fused-ring (bicyclic) bond motifs is 1. The topological polar surface area (TPSA) is 89.8 Å². The van der Waals surface area contributed by atoms with Crippen LogP contribution in [0.1, 0.15) is 22.2 Å². The first-order chi connectivity index (χ1) is 13.5. The summed E-state index contributed by atoms with van der Waals surface area (Å²) in [5.41, 5.74) is 1.71. The van der Waals surface area contributed by atoms with Crippen molar-refractivity contribution in [2.45, 2.75) is 6.04 Å². The van der Waals surface area contributed by atoms with Gasteiger partial charge in [-0.2, -0.15) is 0 Å². The van der Waals surface area contributed by atoms with E-state index >= 15 is 0 Å². The highest BCUT2D eigenvalue weighted by Gasteiger charge is 2.45. The molecule has 1 unspecified atom stereocenters. The molecule has 0 spiro atoms. The van der Waals surface area contributed by atoms with E-state index in [0.29, 0.717) is 13.1 Å². The fourth-order valence-corrected chi connectivity index (χ4v) is 3.61. The number of nitrogens with one attached hydrogen (secondary N) is 1. The molecule has 4 rings (SSSR count). The number of aromatic amines is 1. The van der Waals surface area contributed by atoms with Gasteiger partial charge >= 0.3 is 0 Å². The van der Waals surface area contributed by atoms with Gasteiger partial charge in [0.1, 0.15) is 0 Å². The van der Waals surface area contributed by atoms with Crippen molar-refractivity contribution in [1.29, 1.82) is 0 Å². The van der Waals surface area contributed by atoms with Gasteiger partial charge in [-0.15, -0.1) is 0 Å². The fraction of sp³-hybridized carbons (Fsp3) is 0.238. The van der Waals surface area contributed by atoms with Crippen molar-refractivity contribution in [3.8, 4) is 0 Å². The van der Waals surface area contributed by atoms with Crippen LogP contribution >= 0.6 is 0 Å². The van der Waals surface area contributed by atoms with Crippen LogP contribution in [-0.4, -0.2) is 58.8 Å². The second-order valence-corrected chi connectivity index (χ2v) is 7.06. The maximum atomic E-state index is 13.1. The molecule has 0 saturated carbocycles. The predicted octanol–water partition coefficient (Wildman–Crippen LogP) is 2.90. The lowest BCUT2D eigenvalue weighted by atomic mass is 9.94. The van der Waals surface area contributed by atoms with Crippen LogP contribution in [0, 0.1) is 0 Å². The molecule has 0 bridgehead atoms. The Morgan fingerprint density at radius 2 is 2.04 bits per heavy atom. The number of Topliss-reactive ketones (excluding diaryl/α,β-unsaturated/α-hetero) is 1. The molecule has 0 saturated heterocycles. The van der Waals surface area contributed by atoms with E-state index in [2.05, 4.69) is 4.98 Å². The average molecular weight is 379 g/mol. The summed E-state index contributed by atoms with van der Waals surface area (Å²) in [6, 6.07) is 10.1. The van der Waals surface area contributed by atoms with Crippen LogP contribution in [0.3, 0.4) is 0 Å². The smallest absolute Gasteiger partial charge is 0.290 e. The molecule has 0 aliphatic carbocycles. The first-order valence-corrected chi connectivity index (χ1v) is 9.02. The van der Waals surface area contributed by atoms with Crippen LogP contribution in [0.2, 0.25) is 0 Å². The first-order valence-electron chi connectivity index (χ1n) is 9.02. The highest BCUT2D eigenvalue weighted by atomic mass is 16.3. The number of aromatic nitrogens is 1. The van der Waals surface area contributed by atoms with Crippen molar-refractivity contribution in [2.24, 2.45) is 0 Å². The van der Waals surface area contributed by atoms with E-state index in [-0.39, 0.29) is 11.3 Å². The summed E-state index contributed by atoms with van der Waals surface area (Å²) in [4.78, 5) is 32.6. The number of likely N-dealkylation sites (N-methyl/N-ethyl adjacent to an activating group) is 1. The maximum Gasteiger partial charge on any atom is 0.290 e. The first kappa shape index (κ1) is 18.1. The Morgan fingerprint density at radius 3 is 2.75 bits per heavy atom. The number of rotatable bonds is 6. The van der Waals surface area contributed by atoms with Crippen molar-refractivity contribution < 1.29 is 19.1 Å². The Hall–Kier alpha value is -3.32. The van der Waals surface area contributed by atoms with Crippen LogP contribution < -0.4 is 0 Å². The van der Waals surface area contributed by atoms with Gasteiger partial charge in [-0.25, -0.2) is 0 Å². The monoisotopic (exact) mass is 379 g/mol. The molecule has 3 heterocycles. The SMILES string of the molecule is CN(C)CCN1C(=O)C(O)=C(C(=O)c2ccco2)C1c1c[nH]c2ccccc12. The van der Waals surface area contributed by atoms with Crippen LogP contribution in [0.15, 0.2) is 64.6 Å². The standard InChI is InChI=1S/C21H21N3O4/c1-23(2)9-10-24-18(14-12-22-15-7-4-3-6-13(14)15)17(20(26)21(24)27)19(25)16-8-5-11-28-16/h3-8,11-12,18,22,26H,9-10H2,1-2H3. The zero-order chi connectivity index (χ0) is 19.8. The molecule has 144 valence electrons. The predicted molar refractivity (Wildman–Crippen MR) is 104 cm³/mol. The van der Waals surface area contributed by atoms with Crippen LogP contribution in [0.5, 0.6) is 0 Å². The summed E-state index contributed by atoms with van der Waals surface area (Å²) in [5.74, 6) is -1.46. The molecule has 7 nitrogen and oxygen atoms in total. The highest BCUT2D eigenvalue weighted by Crippen LogP contribution is 2.41. The third-order valence-electron chi connectivity index (χ3n) is 5.00. The van der Waals surface area contributed by atoms with E-state index in [1.165, 1.54) is 12.3 Å². The largest absolute Gasteiger partial charge is 0.503 e. The number of benzene rings is 1. The molecule has 1 aliphatic rings. The molecule has 1 atom stereocenters. The number of amides is 1. The number of carbonyl (C=O) groups is 2. The van der Waals surface area contributed by atoms with E-state index in [0.717, 1.165) is 16.5 Å². The summed E-state index contributed by atoms with van der Waals surface area (Å²) >= 11 is 0. The van der Waals surface area contributed by atoms with Crippen molar-refractivity contribution in [3.05, 3.63) is 71.5 Å². The number of carbonyl (C=O) groups excluding carboxylic acids is 2. The molecular weight excluding hydrogens is 358 g/mol. The van der Waals surface area contributed by atoms with Gasteiger partial charge < -0.3 is 24.3 Å².